The van der Waals surface area contributed by atoms with Crippen molar-refractivity contribution in [3.05, 3.63) is 0 Å². The van der Waals surface area contributed by atoms with Crippen molar-refractivity contribution in [3.8, 4) is 0 Å². The molecule has 0 unspecified atom stereocenters. The van der Waals surface area contributed by atoms with E-state index >= 15 is 0 Å². The molecule has 100 valence electrons. The van der Waals surface area contributed by atoms with Gasteiger partial charge in [-0.25, -0.2) is 0 Å². The van der Waals surface area contributed by atoms with Gasteiger partial charge in [0.25, 0.3) is 0 Å². The fourth-order valence-corrected chi connectivity index (χ4v) is 2.55. The molecule has 3 heteroatoms. The maximum absolute atomic E-state index is 12.0. The Morgan fingerprint density at radius 3 is 2.24 bits per heavy atom. The maximum Gasteiger partial charge on any atom is 0.236 e. The third kappa shape index (κ3) is 5.53. The third-order valence-corrected chi connectivity index (χ3v) is 3.49. The summed E-state index contributed by atoms with van der Waals surface area (Å²) in [5, 5.41) is 3.43. The number of amides is 1. The molecule has 1 amide bonds. The quantitative estimate of drug-likeness (QED) is 0.742. The highest BCUT2D eigenvalue weighted by molar-refractivity contribution is 5.78. The van der Waals surface area contributed by atoms with Crippen LogP contribution in [0.3, 0.4) is 0 Å². The number of rotatable bonds is 7. The molecule has 0 heterocycles. The normalized spacial score (nSPS) is 17.1. The largest absolute Gasteiger partial charge is 0.342 e. The van der Waals surface area contributed by atoms with Gasteiger partial charge in [0.05, 0.1) is 6.54 Å². The molecule has 1 N–H and O–H groups in total. The standard InChI is InChI=1S/C14H28N2O/c1-3-10-16(11-4-2)14(17)12-15-13-8-6-5-7-9-13/h13,15H,3-12H2,1-2H3. The van der Waals surface area contributed by atoms with Crippen LogP contribution in [0.15, 0.2) is 0 Å². The molecular formula is C14H28N2O. The highest BCUT2D eigenvalue weighted by Gasteiger charge is 2.16. The van der Waals surface area contributed by atoms with Crippen LogP contribution in [-0.2, 0) is 4.79 Å². The van der Waals surface area contributed by atoms with Crippen LogP contribution in [0.5, 0.6) is 0 Å². The van der Waals surface area contributed by atoms with Crippen molar-refractivity contribution in [2.75, 3.05) is 19.6 Å². The Bertz CT molecular complexity index is 206. The van der Waals surface area contributed by atoms with Gasteiger partial charge in [0.15, 0.2) is 0 Å². The van der Waals surface area contributed by atoms with Crippen LogP contribution in [0.4, 0.5) is 0 Å². The Labute approximate surface area is 106 Å². The van der Waals surface area contributed by atoms with E-state index in [1.165, 1.54) is 32.1 Å². The number of hydrogen-bond donors (Lipinski definition) is 1. The zero-order valence-corrected chi connectivity index (χ0v) is 11.5. The number of carbonyl (C=O) groups excluding carboxylic acids is 1. The first kappa shape index (κ1) is 14.5. The average Bonchev–Trinajstić information content (AvgIpc) is 2.37. The summed E-state index contributed by atoms with van der Waals surface area (Å²) in [5.41, 5.74) is 0. The summed E-state index contributed by atoms with van der Waals surface area (Å²) in [4.78, 5) is 14.0. The van der Waals surface area contributed by atoms with Crippen molar-refractivity contribution in [2.45, 2.75) is 64.8 Å². The van der Waals surface area contributed by atoms with E-state index < -0.39 is 0 Å². The molecule has 1 aliphatic carbocycles. The van der Waals surface area contributed by atoms with Gasteiger partial charge in [0, 0.05) is 19.1 Å². The first-order valence-electron chi connectivity index (χ1n) is 7.29. The second kappa shape index (κ2) is 8.51. The zero-order valence-electron chi connectivity index (χ0n) is 11.5. The van der Waals surface area contributed by atoms with E-state index in [0.29, 0.717) is 12.6 Å². The summed E-state index contributed by atoms with van der Waals surface area (Å²) < 4.78 is 0. The highest BCUT2D eigenvalue weighted by Crippen LogP contribution is 2.17. The van der Waals surface area contributed by atoms with Gasteiger partial charge in [0.1, 0.15) is 0 Å². The van der Waals surface area contributed by atoms with E-state index in [0.717, 1.165) is 25.9 Å². The van der Waals surface area contributed by atoms with Crippen LogP contribution in [0.1, 0.15) is 58.8 Å². The fraction of sp³-hybridized carbons (Fsp3) is 0.929. The SMILES string of the molecule is CCCN(CCC)C(=O)CNC1CCCCC1. The van der Waals surface area contributed by atoms with E-state index in [1.807, 2.05) is 4.90 Å². The van der Waals surface area contributed by atoms with E-state index in [-0.39, 0.29) is 5.91 Å². The maximum atomic E-state index is 12.0. The lowest BCUT2D eigenvalue weighted by Crippen LogP contribution is -2.42. The van der Waals surface area contributed by atoms with Crippen LogP contribution in [0, 0.1) is 0 Å². The predicted octanol–water partition coefficient (Wildman–Crippen LogP) is 2.56. The van der Waals surface area contributed by atoms with Gasteiger partial charge in [0.2, 0.25) is 5.91 Å². The minimum atomic E-state index is 0.277. The molecule has 0 atom stereocenters. The second-order valence-corrected chi connectivity index (χ2v) is 5.10. The lowest BCUT2D eigenvalue weighted by molar-refractivity contribution is -0.130. The molecule has 0 aromatic rings. The summed E-state index contributed by atoms with van der Waals surface area (Å²) in [6, 6.07) is 0.581. The first-order chi connectivity index (χ1) is 8.27. The Hall–Kier alpha value is -0.570. The fourth-order valence-electron chi connectivity index (χ4n) is 2.55. The summed E-state index contributed by atoms with van der Waals surface area (Å²) in [6.07, 6.45) is 8.59. The minimum Gasteiger partial charge on any atom is -0.342 e. The van der Waals surface area contributed by atoms with Crippen LogP contribution < -0.4 is 5.32 Å². The van der Waals surface area contributed by atoms with Crippen molar-refractivity contribution < 1.29 is 4.79 Å². The molecule has 1 aliphatic rings. The smallest absolute Gasteiger partial charge is 0.236 e. The molecule has 0 bridgehead atoms. The molecule has 17 heavy (non-hydrogen) atoms. The number of nitrogens with one attached hydrogen (secondary N) is 1. The highest BCUT2D eigenvalue weighted by atomic mass is 16.2. The third-order valence-electron chi connectivity index (χ3n) is 3.49. The molecule has 1 fully saturated rings. The van der Waals surface area contributed by atoms with Gasteiger partial charge in [-0.05, 0) is 25.7 Å². The molecule has 0 aromatic heterocycles. The van der Waals surface area contributed by atoms with Crippen molar-refractivity contribution >= 4 is 5.91 Å². The van der Waals surface area contributed by atoms with Gasteiger partial charge in [-0.3, -0.25) is 4.79 Å². The van der Waals surface area contributed by atoms with E-state index in [1.54, 1.807) is 0 Å². The van der Waals surface area contributed by atoms with Crippen molar-refractivity contribution in [2.24, 2.45) is 0 Å². The summed E-state index contributed by atoms with van der Waals surface area (Å²) in [7, 11) is 0. The van der Waals surface area contributed by atoms with Crippen LogP contribution in [0.2, 0.25) is 0 Å². The predicted molar refractivity (Wildman–Crippen MR) is 72.0 cm³/mol. The number of hydrogen-bond acceptors (Lipinski definition) is 2. The lowest BCUT2D eigenvalue weighted by atomic mass is 9.95. The Kier molecular flexibility index (Phi) is 7.25. The molecule has 1 saturated carbocycles. The Morgan fingerprint density at radius 2 is 1.71 bits per heavy atom. The van der Waals surface area contributed by atoms with Gasteiger partial charge >= 0.3 is 0 Å². The topological polar surface area (TPSA) is 32.3 Å². The van der Waals surface area contributed by atoms with Crippen molar-refractivity contribution in [1.82, 2.24) is 10.2 Å². The zero-order chi connectivity index (χ0) is 12.5. The summed E-state index contributed by atoms with van der Waals surface area (Å²) in [6.45, 7) is 6.59. The molecule has 0 aliphatic heterocycles. The summed E-state index contributed by atoms with van der Waals surface area (Å²) >= 11 is 0. The van der Waals surface area contributed by atoms with E-state index in [4.69, 9.17) is 0 Å². The second-order valence-electron chi connectivity index (χ2n) is 5.10. The first-order valence-corrected chi connectivity index (χ1v) is 7.29. The Morgan fingerprint density at radius 1 is 1.12 bits per heavy atom. The molecule has 1 rings (SSSR count). The van der Waals surface area contributed by atoms with Crippen molar-refractivity contribution in [3.63, 3.8) is 0 Å². The van der Waals surface area contributed by atoms with Crippen LogP contribution >= 0.6 is 0 Å². The molecule has 3 nitrogen and oxygen atoms in total. The van der Waals surface area contributed by atoms with Crippen molar-refractivity contribution in [1.29, 1.82) is 0 Å². The Balaban J connectivity index is 2.25. The van der Waals surface area contributed by atoms with Crippen LogP contribution in [0.25, 0.3) is 0 Å². The molecule has 0 saturated heterocycles. The van der Waals surface area contributed by atoms with Gasteiger partial charge in [-0.2, -0.15) is 0 Å². The monoisotopic (exact) mass is 240 g/mol. The average molecular weight is 240 g/mol. The molecule has 0 radical (unpaired) electrons. The number of carbonyl (C=O) groups is 1. The lowest BCUT2D eigenvalue weighted by Gasteiger charge is -2.26. The van der Waals surface area contributed by atoms with E-state index in [2.05, 4.69) is 19.2 Å². The van der Waals surface area contributed by atoms with Crippen LogP contribution in [-0.4, -0.2) is 36.5 Å². The molecular weight excluding hydrogens is 212 g/mol. The van der Waals surface area contributed by atoms with Gasteiger partial charge < -0.3 is 10.2 Å². The minimum absolute atomic E-state index is 0.277. The number of nitrogens with zero attached hydrogens (tertiary/aromatic N) is 1. The van der Waals surface area contributed by atoms with Gasteiger partial charge in [-0.1, -0.05) is 33.1 Å². The van der Waals surface area contributed by atoms with E-state index in [9.17, 15) is 4.79 Å². The summed E-state index contributed by atoms with van der Waals surface area (Å²) in [5.74, 6) is 0.277. The van der Waals surface area contributed by atoms with Gasteiger partial charge in [-0.15, -0.1) is 0 Å². The molecule has 0 aromatic carbocycles. The molecule has 0 spiro atoms.